The Morgan fingerprint density at radius 1 is 0.476 bits per heavy atom. The van der Waals surface area contributed by atoms with Gasteiger partial charge in [0.25, 0.3) is 0 Å². The van der Waals surface area contributed by atoms with E-state index in [4.69, 9.17) is 0 Å². The second-order valence-electron chi connectivity index (χ2n) is 3.78. The minimum atomic E-state index is -5.24. The molecule has 126 valence electrons. The maximum absolute atomic E-state index is 11.6. The highest BCUT2D eigenvalue weighted by molar-refractivity contribution is 4.99. The molecule has 1 rings (SSSR count). The maximum atomic E-state index is 11.6. The van der Waals surface area contributed by atoms with Crippen molar-refractivity contribution in [1.82, 2.24) is 0 Å². The summed E-state index contributed by atoms with van der Waals surface area (Å²) in [6, 6.07) is 12.0. The highest BCUT2D eigenvalue weighted by Gasteiger charge is 2.64. The molecule has 1 aromatic rings. The van der Waals surface area contributed by atoms with Crippen molar-refractivity contribution in [3.63, 3.8) is 0 Å². The summed E-state index contributed by atoms with van der Waals surface area (Å²) in [6.45, 7) is 8.21. The van der Waals surface area contributed by atoms with Gasteiger partial charge < -0.3 is 0 Å². The van der Waals surface area contributed by atoms with E-state index in [-0.39, 0.29) is 13.8 Å². The summed E-state index contributed by atoms with van der Waals surface area (Å²) in [7, 11) is 0. The van der Waals surface area contributed by atoms with Crippen molar-refractivity contribution in [3.8, 4) is 0 Å². The molecule has 0 heterocycles. The number of alkyl halides is 6. The van der Waals surface area contributed by atoms with E-state index >= 15 is 0 Å². The van der Waals surface area contributed by atoms with Crippen LogP contribution < -0.4 is 0 Å². The van der Waals surface area contributed by atoms with Crippen molar-refractivity contribution in [2.75, 3.05) is 0 Å². The maximum Gasteiger partial charge on any atom is 0.402 e. The smallest absolute Gasteiger partial charge is 0.170 e. The van der Waals surface area contributed by atoms with Crippen LogP contribution in [0, 0.1) is 5.41 Å². The van der Waals surface area contributed by atoms with E-state index in [0.717, 1.165) is 0 Å². The van der Waals surface area contributed by atoms with E-state index in [2.05, 4.69) is 0 Å². The van der Waals surface area contributed by atoms with E-state index in [0.29, 0.717) is 0 Å². The standard InChI is InChI=1S/C6H6.C5H6F6.2C2H6/c1-2-4-6-5-3-1;1-3(2,4(6,7)8)5(9,10)11;2*1-2/h1-6H;1-2H3;2*1-2H3. The first-order chi connectivity index (χ1) is 9.50. The minimum Gasteiger partial charge on any atom is -0.170 e. The van der Waals surface area contributed by atoms with Gasteiger partial charge in [-0.15, -0.1) is 0 Å². The number of halogens is 6. The van der Waals surface area contributed by atoms with Crippen LogP contribution in [0.5, 0.6) is 0 Å². The van der Waals surface area contributed by atoms with Gasteiger partial charge in [0, 0.05) is 0 Å². The van der Waals surface area contributed by atoms with Gasteiger partial charge >= 0.3 is 12.4 Å². The van der Waals surface area contributed by atoms with E-state index in [9.17, 15) is 26.3 Å². The first-order valence-corrected chi connectivity index (χ1v) is 6.63. The molecule has 6 heteroatoms. The zero-order valence-electron chi connectivity index (χ0n) is 13.2. The van der Waals surface area contributed by atoms with Crippen LogP contribution >= 0.6 is 0 Å². The monoisotopic (exact) mass is 318 g/mol. The molecule has 0 saturated heterocycles. The van der Waals surface area contributed by atoms with Crippen molar-refractivity contribution in [1.29, 1.82) is 0 Å². The van der Waals surface area contributed by atoms with Crippen molar-refractivity contribution < 1.29 is 26.3 Å². The van der Waals surface area contributed by atoms with Crippen LogP contribution in [0.15, 0.2) is 36.4 Å². The van der Waals surface area contributed by atoms with Gasteiger partial charge in [0.2, 0.25) is 0 Å². The average Bonchev–Trinajstić information content (AvgIpc) is 2.43. The molecule has 0 saturated carbocycles. The summed E-state index contributed by atoms with van der Waals surface area (Å²) in [5, 5.41) is 0. The van der Waals surface area contributed by atoms with Crippen LogP contribution in [0.3, 0.4) is 0 Å². The van der Waals surface area contributed by atoms with E-state index < -0.39 is 17.8 Å². The normalized spacial score (nSPS) is 10.9. The fourth-order valence-corrected chi connectivity index (χ4v) is 0.546. The quantitative estimate of drug-likeness (QED) is 0.457. The van der Waals surface area contributed by atoms with Crippen LogP contribution in [0.1, 0.15) is 41.5 Å². The first kappa shape index (κ1) is 24.8. The Kier molecular flexibility index (Phi) is 13.5. The lowest BCUT2D eigenvalue weighted by molar-refractivity contribution is -0.327. The van der Waals surface area contributed by atoms with Crippen LogP contribution in [-0.2, 0) is 0 Å². The minimum absolute atomic E-state index is 0.104. The Bertz CT molecular complexity index is 268. The SMILES string of the molecule is CC.CC.CC(C)(C(F)(F)F)C(F)(F)F.c1ccccc1. The van der Waals surface area contributed by atoms with Gasteiger partial charge in [-0.1, -0.05) is 64.1 Å². The fraction of sp³-hybridized carbons (Fsp3) is 0.600. The zero-order chi connectivity index (χ0) is 17.7. The number of hydrogen-bond donors (Lipinski definition) is 0. The molecule has 0 unspecified atom stereocenters. The second-order valence-corrected chi connectivity index (χ2v) is 3.78. The molecule has 0 aliphatic heterocycles. The van der Waals surface area contributed by atoms with Crippen LogP contribution in [0.4, 0.5) is 26.3 Å². The number of hydrogen-bond acceptors (Lipinski definition) is 0. The van der Waals surface area contributed by atoms with Crippen molar-refractivity contribution in [2.45, 2.75) is 53.9 Å². The predicted molar refractivity (Wildman–Crippen MR) is 75.0 cm³/mol. The third-order valence-corrected chi connectivity index (χ3v) is 2.08. The van der Waals surface area contributed by atoms with Gasteiger partial charge in [-0.2, -0.15) is 26.3 Å². The number of rotatable bonds is 0. The van der Waals surface area contributed by atoms with E-state index in [1.807, 2.05) is 64.1 Å². The molecule has 0 aliphatic rings. The Balaban J connectivity index is -0.000000271. The van der Waals surface area contributed by atoms with Crippen LogP contribution in [0.2, 0.25) is 0 Å². The van der Waals surface area contributed by atoms with Crippen LogP contribution in [-0.4, -0.2) is 12.4 Å². The number of benzene rings is 1. The fourth-order valence-electron chi connectivity index (χ4n) is 0.546. The van der Waals surface area contributed by atoms with Gasteiger partial charge in [0.05, 0.1) is 0 Å². The Hall–Kier alpha value is -1.20. The van der Waals surface area contributed by atoms with Crippen molar-refractivity contribution in [2.24, 2.45) is 5.41 Å². The Morgan fingerprint density at radius 2 is 0.619 bits per heavy atom. The molecule has 0 nitrogen and oxygen atoms in total. The lowest BCUT2D eigenvalue weighted by Crippen LogP contribution is -2.44. The highest BCUT2D eigenvalue weighted by atomic mass is 19.4. The molecule has 21 heavy (non-hydrogen) atoms. The first-order valence-electron chi connectivity index (χ1n) is 6.63. The molecule has 0 amide bonds. The lowest BCUT2D eigenvalue weighted by Gasteiger charge is -2.29. The molecule has 0 aliphatic carbocycles. The lowest BCUT2D eigenvalue weighted by atomic mass is 9.92. The van der Waals surface area contributed by atoms with Crippen LogP contribution in [0.25, 0.3) is 0 Å². The molecule has 0 fully saturated rings. The molecule has 0 spiro atoms. The Morgan fingerprint density at radius 3 is 0.667 bits per heavy atom. The van der Waals surface area contributed by atoms with Gasteiger partial charge in [0.1, 0.15) is 0 Å². The molecule has 0 atom stereocenters. The largest absolute Gasteiger partial charge is 0.402 e. The summed E-state index contributed by atoms with van der Waals surface area (Å²) in [5.41, 5.74) is -3.62. The van der Waals surface area contributed by atoms with Gasteiger partial charge in [-0.05, 0) is 13.8 Å². The molecule has 0 bridgehead atoms. The third kappa shape index (κ3) is 10.2. The molecule has 0 N–H and O–H groups in total. The molecular formula is C15H24F6. The molecular weight excluding hydrogens is 294 g/mol. The summed E-state index contributed by atoms with van der Waals surface area (Å²) < 4.78 is 69.7. The molecule has 1 aromatic carbocycles. The summed E-state index contributed by atoms with van der Waals surface area (Å²) >= 11 is 0. The summed E-state index contributed by atoms with van der Waals surface area (Å²) in [4.78, 5) is 0. The topological polar surface area (TPSA) is 0 Å². The van der Waals surface area contributed by atoms with E-state index in [1.165, 1.54) is 0 Å². The van der Waals surface area contributed by atoms with Gasteiger partial charge in [-0.25, -0.2) is 0 Å². The predicted octanol–water partition coefficient (Wildman–Crippen LogP) is 6.88. The average molecular weight is 318 g/mol. The van der Waals surface area contributed by atoms with Gasteiger partial charge in [0.15, 0.2) is 5.41 Å². The Labute approximate surface area is 123 Å². The van der Waals surface area contributed by atoms with Gasteiger partial charge in [-0.3, -0.25) is 0 Å². The highest BCUT2D eigenvalue weighted by Crippen LogP contribution is 2.49. The van der Waals surface area contributed by atoms with E-state index in [1.54, 1.807) is 0 Å². The molecule has 0 aromatic heterocycles. The summed E-state index contributed by atoms with van der Waals surface area (Å²) in [6.07, 6.45) is -10.5. The second kappa shape index (κ2) is 11.5. The zero-order valence-corrected chi connectivity index (χ0v) is 13.2. The molecule has 0 radical (unpaired) electrons. The summed E-state index contributed by atoms with van der Waals surface area (Å²) in [5.74, 6) is 0. The third-order valence-electron chi connectivity index (χ3n) is 2.08. The van der Waals surface area contributed by atoms with Crippen molar-refractivity contribution >= 4 is 0 Å². The van der Waals surface area contributed by atoms with Crippen molar-refractivity contribution in [3.05, 3.63) is 36.4 Å².